The van der Waals surface area contributed by atoms with Gasteiger partial charge in [-0.3, -0.25) is 4.79 Å². The Hall–Kier alpha value is -3.18. The zero-order chi connectivity index (χ0) is 19.3. The summed E-state index contributed by atoms with van der Waals surface area (Å²) in [5, 5.41) is 21.0. The van der Waals surface area contributed by atoms with E-state index in [-0.39, 0.29) is 23.6 Å². The zero-order valence-electron chi connectivity index (χ0n) is 14.0. The van der Waals surface area contributed by atoms with E-state index < -0.39 is 29.2 Å². The molecule has 0 saturated heterocycles. The van der Waals surface area contributed by atoms with Gasteiger partial charge in [0.15, 0.2) is 6.10 Å². The summed E-state index contributed by atoms with van der Waals surface area (Å²) in [5.41, 5.74) is 0.0486. The number of benzene rings is 2. The summed E-state index contributed by atoms with van der Waals surface area (Å²) in [6.45, 7) is -0.115. The van der Waals surface area contributed by atoms with E-state index in [4.69, 9.17) is 14.7 Å². The van der Waals surface area contributed by atoms with Crippen LogP contribution in [0.5, 0.6) is 11.5 Å². The standard InChI is InChI=1S/C18H16F2N2O4/c1-25-12-6-13(19)16(14(20)7-12)17(26-2)18(24)22-9-11-4-3-10(8-21)5-15(11)23/h3-7,17,23H,9H2,1-2H3,(H,22,24). The van der Waals surface area contributed by atoms with Crippen molar-refractivity contribution in [1.82, 2.24) is 5.32 Å². The van der Waals surface area contributed by atoms with Crippen LogP contribution in [-0.2, 0) is 16.1 Å². The maximum Gasteiger partial charge on any atom is 0.254 e. The van der Waals surface area contributed by atoms with Gasteiger partial charge in [0.2, 0.25) is 0 Å². The number of nitriles is 1. The second-order valence-corrected chi connectivity index (χ2v) is 5.29. The van der Waals surface area contributed by atoms with E-state index in [1.54, 1.807) is 0 Å². The van der Waals surface area contributed by atoms with Gasteiger partial charge < -0.3 is 19.9 Å². The molecule has 2 N–H and O–H groups in total. The van der Waals surface area contributed by atoms with E-state index >= 15 is 0 Å². The number of carbonyl (C=O) groups excluding carboxylic acids is 1. The first kappa shape index (κ1) is 19.1. The number of nitrogens with one attached hydrogen (secondary N) is 1. The lowest BCUT2D eigenvalue weighted by atomic mass is 10.1. The Morgan fingerprint density at radius 1 is 1.27 bits per heavy atom. The van der Waals surface area contributed by atoms with Crippen molar-refractivity contribution in [1.29, 1.82) is 5.26 Å². The van der Waals surface area contributed by atoms with Crippen LogP contribution in [0, 0.1) is 23.0 Å². The minimum absolute atomic E-state index is 0.0264. The summed E-state index contributed by atoms with van der Waals surface area (Å²) in [4.78, 5) is 12.3. The highest BCUT2D eigenvalue weighted by Gasteiger charge is 2.27. The van der Waals surface area contributed by atoms with Crippen molar-refractivity contribution in [3.8, 4) is 17.6 Å². The molecule has 0 saturated carbocycles. The van der Waals surface area contributed by atoms with Crippen molar-refractivity contribution < 1.29 is 28.2 Å². The van der Waals surface area contributed by atoms with Gasteiger partial charge in [-0.15, -0.1) is 0 Å². The molecule has 0 bridgehead atoms. The largest absolute Gasteiger partial charge is 0.508 e. The fourth-order valence-electron chi connectivity index (χ4n) is 2.34. The van der Waals surface area contributed by atoms with Crippen LogP contribution in [-0.4, -0.2) is 25.2 Å². The van der Waals surface area contributed by atoms with Gasteiger partial charge in [0.05, 0.1) is 24.3 Å². The number of carbonyl (C=O) groups is 1. The second kappa shape index (κ2) is 8.27. The lowest BCUT2D eigenvalue weighted by molar-refractivity contribution is -0.131. The molecule has 0 aliphatic rings. The molecule has 0 aromatic heterocycles. The van der Waals surface area contributed by atoms with Gasteiger partial charge >= 0.3 is 0 Å². The summed E-state index contributed by atoms with van der Waals surface area (Å²) < 4.78 is 38.0. The van der Waals surface area contributed by atoms with Gasteiger partial charge in [0, 0.05) is 31.4 Å². The Morgan fingerprint density at radius 3 is 2.42 bits per heavy atom. The van der Waals surface area contributed by atoms with Gasteiger partial charge in [0.25, 0.3) is 5.91 Å². The quantitative estimate of drug-likeness (QED) is 0.824. The lowest BCUT2D eigenvalue weighted by Crippen LogP contribution is -2.31. The molecule has 0 heterocycles. The lowest BCUT2D eigenvalue weighted by Gasteiger charge is -2.18. The van der Waals surface area contributed by atoms with Gasteiger partial charge in [-0.25, -0.2) is 8.78 Å². The van der Waals surface area contributed by atoms with Crippen LogP contribution in [0.3, 0.4) is 0 Å². The Balaban J connectivity index is 2.19. The van der Waals surface area contributed by atoms with E-state index in [2.05, 4.69) is 5.32 Å². The minimum Gasteiger partial charge on any atom is -0.508 e. The molecule has 8 heteroatoms. The molecule has 0 fully saturated rings. The first-order valence-electron chi connectivity index (χ1n) is 7.46. The molecule has 0 aliphatic carbocycles. The molecule has 2 rings (SSSR count). The molecule has 1 amide bonds. The maximum absolute atomic E-state index is 14.2. The first-order valence-corrected chi connectivity index (χ1v) is 7.46. The third-order valence-corrected chi connectivity index (χ3v) is 3.69. The molecule has 26 heavy (non-hydrogen) atoms. The fraction of sp³-hybridized carbons (Fsp3) is 0.222. The Morgan fingerprint density at radius 2 is 1.92 bits per heavy atom. The third kappa shape index (κ3) is 4.07. The average Bonchev–Trinajstić information content (AvgIpc) is 2.62. The van der Waals surface area contributed by atoms with Gasteiger partial charge in [-0.1, -0.05) is 6.07 Å². The van der Waals surface area contributed by atoms with Crippen molar-refractivity contribution in [2.75, 3.05) is 14.2 Å². The third-order valence-electron chi connectivity index (χ3n) is 3.69. The van der Waals surface area contributed by atoms with Gasteiger partial charge in [-0.05, 0) is 12.1 Å². The predicted molar refractivity (Wildman–Crippen MR) is 87.3 cm³/mol. The van der Waals surface area contributed by atoms with Crippen LogP contribution in [0.25, 0.3) is 0 Å². The average molecular weight is 362 g/mol. The van der Waals surface area contributed by atoms with Crippen molar-refractivity contribution in [3.63, 3.8) is 0 Å². The van der Waals surface area contributed by atoms with Crippen LogP contribution in [0.2, 0.25) is 0 Å². The van der Waals surface area contributed by atoms with Crippen LogP contribution >= 0.6 is 0 Å². The van der Waals surface area contributed by atoms with Crippen LogP contribution < -0.4 is 10.1 Å². The highest BCUT2D eigenvalue weighted by molar-refractivity contribution is 5.82. The Bertz CT molecular complexity index is 842. The van der Waals surface area contributed by atoms with Gasteiger partial charge in [-0.2, -0.15) is 5.26 Å². The summed E-state index contributed by atoms with van der Waals surface area (Å²) in [6.07, 6.45) is -1.53. The topological polar surface area (TPSA) is 91.6 Å². The first-order chi connectivity index (χ1) is 12.4. The summed E-state index contributed by atoms with van der Waals surface area (Å²) in [5.74, 6) is -2.96. The maximum atomic E-state index is 14.2. The Kier molecular flexibility index (Phi) is 6.09. The number of nitrogens with zero attached hydrogens (tertiary/aromatic N) is 1. The van der Waals surface area contributed by atoms with E-state index in [0.717, 1.165) is 19.2 Å². The molecule has 0 aliphatic heterocycles. The zero-order valence-corrected chi connectivity index (χ0v) is 14.0. The number of amides is 1. The number of hydrogen-bond acceptors (Lipinski definition) is 5. The van der Waals surface area contributed by atoms with Crippen LogP contribution in [0.15, 0.2) is 30.3 Å². The molecule has 136 valence electrons. The number of halogens is 2. The molecule has 0 radical (unpaired) electrons. The molecule has 1 atom stereocenters. The fourth-order valence-corrected chi connectivity index (χ4v) is 2.34. The number of phenols is 1. The van der Waals surface area contributed by atoms with Crippen molar-refractivity contribution in [2.24, 2.45) is 0 Å². The molecular weight excluding hydrogens is 346 g/mol. The van der Waals surface area contributed by atoms with E-state index in [1.807, 2.05) is 6.07 Å². The Labute approximate surface area is 148 Å². The number of aromatic hydroxyl groups is 1. The molecule has 0 spiro atoms. The van der Waals surface area contributed by atoms with E-state index in [9.17, 15) is 18.7 Å². The van der Waals surface area contributed by atoms with E-state index in [0.29, 0.717) is 5.56 Å². The van der Waals surface area contributed by atoms with Gasteiger partial charge in [0.1, 0.15) is 23.1 Å². The number of ether oxygens (including phenoxy) is 2. The molecule has 2 aromatic carbocycles. The second-order valence-electron chi connectivity index (χ2n) is 5.29. The highest BCUT2D eigenvalue weighted by atomic mass is 19.1. The monoisotopic (exact) mass is 362 g/mol. The predicted octanol–water partition coefficient (Wildman–Crippen LogP) is 2.55. The smallest absolute Gasteiger partial charge is 0.254 e. The molecule has 2 aromatic rings. The summed E-state index contributed by atoms with van der Waals surface area (Å²) in [6, 6.07) is 7.95. The number of phenolic OH excluding ortho intramolecular Hbond substituents is 1. The molecule has 6 nitrogen and oxygen atoms in total. The van der Waals surface area contributed by atoms with Crippen LogP contribution in [0.4, 0.5) is 8.78 Å². The summed E-state index contributed by atoms with van der Waals surface area (Å²) >= 11 is 0. The van der Waals surface area contributed by atoms with Crippen LogP contribution in [0.1, 0.15) is 22.8 Å². The normalized spacial score (nSPS) is 11.5. The highest BCUT2D eigenvalue weighted by Crippen LogP contribution is 2.28. The van der Waals surface area contributed by atoms with Crippen molar-refractivity contribution in [3.05, 3.63) is 58.7 Å². The van der Waals surface area contributed by atoms with Crippen molar-refractivity contribution in [2.45, 2.75) is 12.6 Å². The SMILES string of the molecule is COc1cc(F)c(C(OC)C(=O)NCc2ccc(C#N)cc2O)c(F)c1. The molecular formula is C18H16F2N2O4. The number of hydrogen-bond donors (Lipinski definition) is 2. The number of methoxy groups -OCH3 is 2. The van der Waals surface area contributed by atoms with Crippen molar-refractivity contribution >= 4 is 5.91 Å². The minimum atomic E-state index is -1.53. The summed E-state index contributed by atoms with van der Waals surface area (Å²) in [7, 11) is 2.41. The molecule has 1 unspecified atom stereocenters. The van der Waals surface area contributed by atoms with E-state index in [1.165, 1.54) is 25.3 Å². The number of rotatable bonds is 6.